The molecule has 16 heavy (non-hydrogen) atoms. The normalized spacial score (nSPS) is 9.50. The second kappa shape index (κ2) is 4.59. The Morgan fingerprint density at radius 2 is 2.25 bits per heavy atom. The second-order valence-electron chi connectivity index (χ2n) is 2.87. The average molecular weight is 241 g/mol. The van der Waals surface area contributed by atoms with Gasteiger partial charge in [-0.25, -0.2) is 0 Å². The number of nitro groups is 1. The molecular formula is C9H5ClN2O4. The minimum atomic E-state index is -1.20. The number of carboxylic acids is 1. The maximum atomic E-state index is 10.7. The van der Waals surface area contributed by atoms with Gasteiger partial charge >= 0.3 is 5.97 Å². The molecule has 1 aromatic rings. The summed E-state index contributed by atoms with van der Waals surface area (Å²) in [5.41, 5.74) is -0.605. The van der Waals surface area contributed by atoms with Crippen LogP contribution in [0.2, 0.25) is 5.02 Å². The van der Waals surface area contributed by atoms with Crippen LogP contribution in [0.4, 0.5) is 5.69 Å². The molecule has 0 heterocycles. The Hall–Kier alpha value is -2.13. The molecule has 0 spiro atoms. The van der Waals surface area contributed by atoms with Crippen LogP contribution in [0.5, 0.6) is 0 Å². The van der Waals surface area contributed by atoms with Gasteiger partial charge in [0.15, 0.2) is 0 Å². The molecule has 0 aliphatic rings. The first-order valence-corrected chi connectivity index (χ1v) is 4.42. The Bertz CT molecular complexity index is 507. The van der Waals surface area contributed by atoms with Crippen LogP contribution >= 0.6 is 11.6 Å². The highest BCUT2D eigenvalue weighted by molar-refractivity contribution is 6.34. The molecule has 0 saturated heterocycles. The van der Waals surface area contributed by atoms with Gasteiger partial charge in [0.2, 0.25) is 0 Å². The van der Waals surface area contributed by atoms with E-state index in [0.29, 0.717) is 0 Å². The summed E-state index contributed by atoms with van der Waals surface area (Å²) in [5, 5.41) is 27.6. The summed E-state index contributed by atoms with van der Waals surface area (Å²) in [5.74, 6) is -1.20. The van der Waals surface area contributed by atoms with Crippen molar-refractivity contribution >= 4 is 23.3 Å². The molecular weight excluding hydrogens is 236 g/mol. The maximum absolute atomic E-state index is 10.7. The van der Waals surface area contributed by atoms with E-state index in [4.69, 9.17) is 22.0 Å². The lowest BCUT2D eigenvalue weighted by molar-refractivity contribution is -0.385. The van der Waals surface area contributed by atoms with Gasteiger partial charge < -0.3 is 5.11 Å². The van der Waals surface area contributed by atoms with Crippen molar-refractivity contribution in [1.82, 2.24) is 0 Å². The van der Waals surface area contributed by atoms with Crippen LogP contribution in [-0.4, -0.2) is 16.0 Å². The molecule has 0 aliphatic heterocycles. The molecule has 0 atom stereocenters. The summed E-state index contributed by atoms with van der Waals surface area (Å²) in [4.78, 5) is 20.4. The first-order valence-electron chi connectivity index (χ1n) is 4.05. The van der Waals surface area contributed by atoms with Crippen molar-refractivity contribution < 1.29 is 14.8 Å². The minimum Gasteiger partial charge on any atom is -0.481 e. The minimum absolute atomic E-state index is 0.0264. The first kappa shape index (κ1) is 11.9. The Morgan fingerprint density at radius 3 is 2.69 bits per heavy atom. The molecule has 82 valence electrons. The predicted molar refractivity (Wildman–Crippen MR) is 54.2 cm³/mol. The second-order valence-corrected chi connectivity index (χ2v) is 3.25. The molecule has 1 rings (SSSR count). The van der Waals surface area contributed by atoms with Crippen molar-refractivity contribution in [3.05, 3.63) is 38.4 Å². The average Bonchev–Trinajstić information content (AvgIpc) is 2.16. The van der Waals surface area contributed by atoms with Crippen molar-refractivity contribution in [2.24, 2.45) is 0 Å². The van der Waals surface area contributed by atoms with Crippen LogP contribution in [0.1, 0.15) is 11.1 Å². The van der Waals surface area contributed by atoms with Crippen LogP contribution in [0.15, 0.2) is 12.1 Å². The third-order valence-electron chi connectivity index (χ3n) is 1.84. The van der Waals surface area contributed by atoms with Crippen LogP contribution in [0, 0.1) is 21.4 Å². The van der Waals surface area contributed by atoms with Gasteiger partial charge in [-0.15, -0.1) is 0 Å². The Balaban J connectivity index is 3.41. The molecule has 1 aromatic carbocycles. The Morgan fingerprint density at radius 1 is 1.62 bits per heavy atom. The highest BCUT2D eigenvalue weighted by Gasteiger charge is 2.23. The van der Waals surface area contributed by atoms with E-state index in [2.05, 4.69) is 0 Å². The third-order valence-corrected chi connectivity index (χ3v) is 2.23. The first-order chi connectivity index (χ1) is 7.47. The van der Waals surface area contributed by atoms with Crippen LogP contribution in [0.25, 0.3) is 0 Å². The van der Waals surface area contributed by atoms with Gasteiger partial charge in [-0.3, -0.25) is 14.9 Å². The highest BCUT2D eigenvalue weighted by atomic mass is 35.5. The number of benzene rings is 1. The van der Waals surface area contributed by atoms with E-state index in [1.54, 1.807) is 6.07 Å². The van der Waals surface area contributed by atoms with Gasteiger partial charge in [-0.1, -0.05) is 17.7 Å². The van der Waals surface area contributed by atoms with Crippen molar-refractivity contribution in [2.45, 2.75) is 6.42 Å². The summed E-state index contributed by atoms with van der Waals surface area (Å²) in [6.07, 6.45) is -0.512. The Kier molecular flexibility index (Phi) is 3.43. The van der Waals surface area contributed by atoms with E-state index in [1.165, 1.54) is 12.1 Å². The largest absolute Gasteiger partial charge is 0.481 e. The van der Waals surface area contributed by atoms with Gasteiger partial charge in [-0.2, -0.15) is 5.26 Å². The monoisotopic (exact) mass is 240 g/mol. The molecule has 1 N–H and O–H groups in total. The van der Waals surface area contributed by atoms with E-state index < -0.39 is 23.0 Å². The zero-order valence-electron chi connectivity index (χ0n) is 7.81. The Labute approximate surface area is 94.8 Å². The molecule has 0 aromatic heterocycles. The number of nitro benzene ring substituents is 1. The summed E-state index contributed by atoms with van der Waals surface area (Å²) < 4.78 is 0. The van der Waals surface area contributed by atoms with E-state index >= 15 is 0 Å². The SMILES string of the molecule is N#Cc1ccc(CC(=O)O)c([N+](=O)[O-])c1Cl. The van der Waals surface area contributed by atoms with Gasteiger partial charge in [0.1, 0.15) is 11.1 Å². The topological polar surface area (TPSA) is 104 Å². The highest BCUT2D eigenvalue weighted by Crippen LogP contribution is 2.31. The summed E-state index contributed by atoms with van der Waals surface area (Å²) >= 11 is 5.64. The number of hydrogen-bond donors (Lipinski definition) is 1. The lowest BCUT2D eigenvalue weighted by Crippen LogP contribution is -2.04. The zero-order chi connectivity index (χ0) is 12.3. The van der Waals surface area contributed by atoms with Gasteiger partial charge in [-0.05, 0) is 6.07 Å². The molecule has 0 aliphatic carbocycles. The van der Waals surface area contributed by atoms with Crippen molar-refractivity contribution in [2.75, 3.05) is 0 Å². The predicted octanol–water partition coefficient (Wildman–Crippen LogP) is 1.75. The number of nitrogens with zero attached hydrogens (tertiary/aromatic N) is 2. The molecule has 7 heteroatoms. The molecule has 6 nitrogen and oxygen atoms in total. The van der Waals surface area contributed by atoms with Gasteiger partial charge in [0.25, 0.3) is 5.69 Å². The maximum Gasteiger partial charge on any atom is 0.308 e. The standard InChI is InChI=1S/C9H5ClN2O4/c10-8-6(4-11)2-1-5(3-7(13)14)9(8)12(15)16/h1-2H,3H2,(H,13,14). The molecule has 0 radical (unpaired) electrons. The van der Waals surface area contributed by atoms with E-state index in [0.717, 1.165) is 0 Å². The summed E-state index contributed by atoms with van der Waals surface area (Å²) in [6.45, 7) is 0. The molecule has 0 bridgehead atoms. The molecule has 0 unspecified atom stereocenters. The third kappa shape index (κ3) is 2.27. The lowest BCUT2D eigenvalue weighted by Gasteiger charge is -2.02. The zero-order valence-corrected chi connectivity index (χ0v) is 8.56. The number of nitriles is 1. The van der Waals surface area contributed by atoms with Gasteiger partial charge in [0, 0.05) is 5.56 Å². The number of halogens is 1. The fraction of sp³-hybridized carbons (Fsp3) is 0.111. The fourth-order valence-corrected chi connectivity index (χ4v) is 1.49. The fourth-order valence-electron chi connectivity index (χ4n) is 1.19. The summed E-state index contributed by atoms with van der Waals surface area (Å²) in [7, 11) is 0. The van der Waals surface area contributed by atoms with Crippen LogP contribution in [0.3, 0.4) is 0 Å². The van der Waals surface area contributed by atoms with E-state index in [9.17, 15) is 14.9 Å². The van der Waals surface area contributed by atoms with Crippen LogP contribution in [-0.2, 0) is 11.2 Å². The van der Waals surface area contributed by atoms with E-state index in [-0.39, 0.29) is 16.1 Å². The quantitative estimate of drug-likeness (QED) is 0.640. The van der Waals surface area contributed by atoms with E-state index in [1.807, 2.05) is 0 Å². The lowest BCUT2D eigenvalue weighted by atomic mass is 10.1. The van der Waals surface area contributed by atoms with Crippen molar-refractivity contribution in [3.8, 4) is 6.07 Å². The smallest absolute Gasteiger partial charge is 0.308 e. The number of hydrogen-bond acceptors (Lipinski definition) is 4. The molecule has 0 fully saturated rings. The summed E-state index contributed by atoms with van der Waals surface area (Å²) in [6, 6.07) is 4.16. The number of carboxylic acid groups (broad SMARTS) is 1. The van der Waals surface area contributed by atoms with Gasteiger partial charge in [0.05, 0.1) is 16.9 Å². The van der Waals surface area contributed by atoms with Crippen molar-refractivity contribution in [1.29, 1.82) is 5.26 Å². The van der Waals surface area contributed by atoms with Crippen LogP contribution < -0.4 is 0 Å². The molecule has 0 amide bonds. The number of aliphatic carboxylic acids is 1. The van der Waals surface area contributed by atoms with Crippen molar-refractivity contribution in [3.63, 3.8) is 0 Å². The number of carbonyl (C=O) groups is 1. The molecule has 0 saturated carbocycles. The number of rotatable bonds is 3.